The summed E-state index contributed by atoms with van der Waals surface area (Å²) in [6.45, 7) is 2.95. The zero-order chi connectivity index (χ0) is 13.3. The molecule has 1 saturated carbocycles. The molecule has 7 nitrogen and oxygen atoms in total. The highest BCUT2D eigenvalue weighted by atomic mass is 16.2. The second kappa shape index (κ2) is 4.59. The van der Waals surface area contributed by atoms with Crippen molar-refractivity contribution in [1.82, 2.24) is 15.1 Å². The van der Waals surface area contributed by atoms with Crippen molar-refractivity contribution in [1.29, 1.82) is 0 Å². The lowest BCUT2D eigenvalue weighted by atomic mass is 10.4. The molecule has 0 aromatic carbocycles. The Balaban J connectivity index is 2.01. The van der Waals surface area contributed by atoms with Crippen molar-refractivity contribution in [2.45, 2.75) is 18.9 Å². The molecule has 1 N–H and O–H groups in total. The minimum absolute atomic E-state index is 0.0375. The van der Waals surface area contributed by atoms with Crippen LogP contribution in [0, 0.1) is 0 Å². The molecule has 0 aromatic heterocycles. The lowest BCUT2D eigenvalue weighted by molar-refractivity contribution is -0.143. The number of amides is 5. The van der Waals surface area contributed by atoms with Gasteiger partial charge < -0.3 is 5.32 Å². The third-order valence-corrected chi connectivity index (χ3v) is 2.69. The summed E-state index contributed by atoms with van der Waals surface area (Å²) in [6, 6.07) is -0.624. The van der Waals surface area contributed by atoms with Crippen molar-refractivity contribution in [2.24, 2.45) is 0 Å². The molecule has 2 aliphatic rings. The second-order valence-corrected chi connectivity index (χ2v) is 4.22. The van der Waals surface area contributed by atoms with Gasteiger partial charge in [0, 0.05) is 12.6 Å². The maximum Gasteiger partial charge on any atom is 0.335 e. The fourth-order valence-electron chi connectivity index (χ4n) is 1.62. The Morgan fingerprint density at radius 1 is 1.28 bits per heavy atom. The molecule has 0 bridgehead atoms. The van der Waals surface area contributed by atoms with E-state index in [9.17, 15) is 19.2 Å². The third kappa shape index (κ3) is 2.24. The lowest BCUT2D eigenvalue weighted by Crippen LogP contribution is -2.42. The number of imide groups is 2. The van der Waals surface area contributed by atoms with E-state index in [4.69, 9.17) is 0 Å². The van der Waals surface area contributed by atoms with Crippen LogP contribution in [0.4, 0.5) is 4.79 Å². The van der Waals surface area contributed by atoms with E-state index in [2.05, 4.69) is 11.9 Å². The van der Waals surface area contributed by atoms with Gasteiger partial charge in [-0.15, -0.1) is 6.58 Å². The topological polar surface area (TPSA) is 86.8 Å². The van der Waals surface area contributed by atoms with Crippen LogP contribution in [0.5, 0.6) is 0 Å². The van der Waals surface area contributed by atoms with Gasteiger partial charge in [-0.25, -0.2) is 9.69 Å². The van der Waals surface area contributed by atoms with Crippen LogP contribution in [0.3, 0.4) is 0 Å². The number of hydrogen-bond donors (Lipinski definition) is 1. The highest BCUT2D eigenvalue weighted by molar-refractivity contribution is 6.45. The molecule has 2 rings (SSSR count). The molecule has 1 heterocycles. The number of hydrogen-bond acceptors (Lipinski definition) is 4. The van der Waals surface area contributed by atoms with Crippen LogP contribution in [0.25, 0.3) is 0 Å². The first-order chi connectivity index (χ1) is 8.54. The van der Waals surface area contributed by atoms with E-state index >= 15 is 0 Å². The molecule has 96 valence electrons. The van der Waals surface area contributed by atoms with Crippen molar-refractivity contribution in [3.8, 4) is 0 Å². The van der Waals surface area contributed by atoms with Gasteiger partial charge in [0.1, 0.15) is 6.54 Å². The van der Waals surface area contributed by atoms with Crippen LogP contribution in [0.2, 0.25) is 0 Å². The summed E-state index contributed by atoms with van der Waals surface area (Å²) < 4.78 is 0. The zero-order valence-corrected chi connectivity index (χ0v) is 9.72. The quantitative estimate of drug-likeness (QED) is 0.395. The Morgan fingerprint density at radius 2 is 1.89 bits per heavy atom. The van der Waals surface area contributed by atoms with Gasteiger partial charge in [-0.1, -0.05) is 6.08 Å². The van der Waals surface area contributed by atoms with E-state index in [0.717, 1.165) is 17.7 Å². The van der Waals surface area contributed by atoms with Crippen LogP contribution in [0.1, 0.15) is 12.8 Å². The van der Waals surface area contributed by atoms with Crippen molar-refractivity contribution < 1.29 is 19.2 Å². The van der Waals surface area contributed by atoms with Crippen LogP contribution >= 0.6 is 0 Å². The van der Waals surface area contributed by atoms with Gasteiger partial charge in [-0.2, -0.15) is 0 Å². The Labute approximate surface area is 103 Å². The van der Waals surface area contributed by atoms with E-state index in [-0.39, 0.29) is 12.6 Å². The molecule has 1 aliphatic carbocycles. The number of urea groups is 1. The Kier molecular flexibility index (Phi) is 3.14. The normalized spacial score (nSPS) is 19.4. The summed E-state index contributed by atoms with van der Waals surface area (Å²) in [7, 11) is 0. The summed E-state index contributed by atoms with van der Waals surface area (Å²) in [4.78, 5) is 47.7. The fourth-order valence-corrected chi connectivity index (χ4v) is 1.62. The van der Waals surface area contributed by atoms with Gasteiger partial charge in [0.15, 0.2) is 0 Å². The number of carbonyl (C=O) groups excluding carboxylic acids is 4. The lowest BCUT2D eigenvalue weighted by Gasteiger charge is -2.13. The van der Waals surface area contributed by atoms with Crippen molar-refractivity contribution in [3.05, 3.63) is 12.7 Å². The molecule has 0 atom stereocenters. The highest BCUT2D eigenvalue weighted by Crippen LogP contribution is 2.18. The SMILES string of the molecule is C=CCN1C(=O)C(=O)N(CC(=O)NC2CC2)C1=O. The van der Waals surface area contributed by atoms with E-state index in [1.54, 1.807) is 0 Å². The number of nitrogens with one attached hydrogen (secondary N) is 1. The Bertz CT molecular complexity index is 442. The number of carbonyl (C=O) groups is 4. The minimum Gasteiger partial charge on any atom is -0.352 e. The monoisotopic (exact) mass is 251 g/mol. The van der Waals surface area contributed by atoms with Crippen molar-refractivity contribution >= 4 is 23.8 Å². The largest absolute Gasteiger partial charge is 0.352 e. The highest BCUT2D eigenvalue weighted by Gasteiger charge is 2.44. The van der Waals surface area contributed by atoms with Crippen LogP contribution in [0.15, 0.2) is 12.7 Å². The molecule has 1 aliphatic heterocycles. The van der Waals surface area contributed by atoms with Crippen LogP contribution in [-0.4, -0.2) is 52.7 Å². The third-order valence-electron chi connectivity index (χ3n) is 2.69. The van der Waals surface area contributed by atoms with Crippen LogP contribution in [-0.2, 0) is 14.4 Å². The summed E-state index contributed by atoms with van der Waals surface area (Å²) in [6.07, 6.45) is 3.17. The summed E-state index contributed by atoms with van der Waals surface area (Å²) in [5.74, 6) is -2.31. The maximum absolute atomic E-state index is 11.7. The minimum atomic E-state index is -0.965. The van der Waals surface area contributed by atoms with Gasteiger partial charge in [0.2, 0.25) is 5.91 Å². The molecule has 5 amide bonds. The molecule has 7 heteroatoms. The number of nitrogens with zero attached hydrogens (tertiary/aromatic N) is 2. The summed E-state index contributed by atoms with van der Waals surface area (Å²) in [5, 5.41) is 2.65. The van der Waals surface area contributed by atoms with Crippen molar-refractivity contribution in [3.63, 3.8) is 0 Å². The Hall–Kier alpha value is -2.18. The van der Waals surface area contributed by atoms with Gasteiger partial charge in [-0.3, -0.25) is 19.3 Å². The molecule has 0 aromatic rings. The molecule has 1 saturated heterocycles. The van der Waals surface area contributed by atoms with E-state index in [0.29, 0.717) is 4.90 Å². The Morgan fingerprint density at radius 3 is 2.44 bits per heavy atom. The second-order valence-electron chi connectivity index (χ2n) is 4.22. The van der Waals surface area contributed by atoms with E-state index in [1.807, 2.05) is 0 Å². The smallest absolute Gasteiger partial charge is 0.335 e. The average Bonchev–Trinajstić information content (AvgIpc) is 3.11. The van der Waals surface area contributed by atoms with E-state index in [1.165, 1.54) is 6.08 Å². The predicted octanol–water partition coefficient (Wildman–Crippen LogP) is -0.758. The standard InChI is InChI=1S/C11H13N3O4/c1-2-5-13-9(16)10(17)14(11(13)18)6-8(15)12-7-3-4-7/h2,7H,1,3-6H2,(H,12,15). The number of rotatable bonds is 5. The summed E-state index contributed by atoms with van der Waals surface area (Å²) >= 11 is 0. The average molecular weight is 251 g/mol. The first kappa shape index (κ1) is 12.3. The molecule has 0 radical (unpaired) electrons. The van der Waals surface area contributed by atoms with Crippen LogP contribution < -0.4 is 5.32 Å². The van der Waals surface area contributed by atoms with E-state index < -0.39 is 30.3 Å². The van der Waals surface area contributed by atoms with Gasteiger partial charge in [0.25, 0.3) is 0 Å². The molecular formula is C11H13N3O4. The molecule has 0 unspecified atom stereocenters. The molecular weight excluding hydrogens is 238 g/mol. The summed E-state index contributed by atoms with van der Waals surface area (Å²) in [5.41, 5.74) is 0. The van der Waals surface area contributed by atoms with Gasteiger partial charge in [0.05, 0.1) is 0 Å². The molecule has 18 heavy (non-hydrogen) atoms. The first-order valence-electron chi connectivity index (χ1n) is 5.62. The fraction of sp³-hybridized carbons (Fsp3) is 0.455. The first-order valence-corrected chi connectivity index (χ1v) is 5.62. The van der Waals surface area contributed by atoms with Crippen molar-refractivity contribution in [2.75, 3.05) is 13.1 Å². The maximum atomic E-state index is 11.7. The molecule has 2 fully saturated rings. The zero-order valence-electron chi connectivity index (χ0n) is 9.72. The van der Waals surface area contributed by atoms with Gasteiger partial charge >= 0.3 is 17.8 Å². The van der Waals surface area contributed by atoms with Gasteiger partial charge in [-0.05, 0) is 12.8 Å². The molecule has 0 spiro atoms. The predicted molar refractivity (Wildman–Crippen MR) is 60.2 cm³/mol.